The van der Waals surface area contributed by atoms with E-state index in [0.29, 0.717) is 41.4 Å². The van der Waals surface area contributed by atoms with Gasteiger partial charge in [-0.05, 0) is 54.7 Å². The fourth-order valence-electron chi connectivity index (χ4n) is 3.65. The smallest absolute Gasteiger partial charge is 0.236 e. The molecule has 0 bridgehead atoms. The number of benzene rings is 2. The Morgan fingerprint density at radius 3 is 2.29 bits per heavy atom. The lowest BCUT2D eigenvalue weighted by Gasteiger charge is -2.31. The summed E-state index contributed by atoms with van der Waals surface area (Å²) in [7, 11) is -4.21. The summed E-state index contributed by atoms with van der Waals surface area (Å²) in [6, 6.07) is 9.99. The van der Waals surface area contributed by atoms with Crippen LogP contribution in [0.25, 0.3) is 0 Å². The van der Waals surface area contributed by atoms with E-state index in [0.717, 1.165) is 18.4 Å². The zero-order chi connectivity index (χ0) is 22.6. The van der Waals surface area contributed by atoms with Crippen LogP contribution in [0.15, 0.2) is 36.4 Å². The maximum absolute atomic E-state index is 12.8. The fourth-order valence-corrected chi connectivity index (χ4v) is 6.42. The van der Waals surface area contributed by atoms with Gasteiger partial charge in [0.15, 0.2) is 0 Å². The topological polar surface area (TPSA) is 102 Å². The number of nitrogens with one attached hydrogen (secondary N) is 1. The molecule has 1 aliphatic rings. The molecule has 0 saturated carbocycles. The van der Waals surface area contributed by atoms with Gasteiger partial charge in [0.2, 0.25) is 20.0 Å². The highest BCUT2D eigenvalue weighted by Crippen LogP contribution is 2.33. The minimum Gasteiger partial charge on any atom is -0.497 e. The highest BCUT2D eigenvalue weighted by Gasteiger charge is 2.27. The SMILES string of the molecule is CCCS(=O)(=O)N1CCCc2ccc(NS(=O)(=O)Cc3cc(OC)cc(OC)c3)cc21. The summed E-state index contributed by atoms with van der Waals surface area (Å²) in [5.41, 5.74) is 2.27. The lowest BCUT2D eigenvalue weighted by Crippen LogP contribution is -2.37. The van der Waals surface area contributed by atoms with Gasteiger partial charge < -0.3 is 9.47 Å². The number of aryl methyl sites for hydroxylation is 1. The molecule has 1 heterocycles. The van der Waals surface area contributed by atoms with E-state index in [-0.39, 0.29) is 11.5 Å². The Balaban J connectivity index is 1.86. The van der Waals surface area contributed by atoms with Crippen molar-refractivity contribution in [1.82, 2.24) is 0 Å². The molecule has 0 aromatic heterocycles. The number of anilines is 2. The number of fused-ring (bicyclic) bond motifs is 1. The third kappa shape index (κ3) is 5.62. The number of nitrogens with zero attached hydrogens (tertiary/aromatic N) is 1. The molecule has 10 heteroatoms. The van der Waals surface area contributed by atoms with Crippen molar-refractivity contribution in [3.63, 3.8) is 0 Å². The average molecular weight is 469 g/mol. The Morgan fingerprint density at radius 1 is 1.00 bits per heavy atom. The fraction of sp³-hybridized carbons (Fsp3) is 0.429. The highest BCUT2D eigenvalue weighted by molar-refractivity contribution is 7.92. The second-order valence-corrected chi connectivity index (χ2v) is 11.2. The quantitative estimate of drug-likeness (QED) is 0.607. The Hall–Kier alpha value is -2.46. The Kier molecular flexibility index (Phi) is 7.00. The van der Waals surface area contributed by atoms with Crippen LogP contribution in [0.1, 0.15) is 30.9 Å². The highest BCUT2D eigenvalue weighted by atomic mass is 32.2. The molecular weight excluding hydrogens is 440 g/mol. The van der Waals surface area contributed by atoms with Crippen molar-refractivity contribution in [1.29, 1.82) is 0 Å². The van der Waals surface area contributed by atoms with Gasteiger partial charge in [0, 0.05) is 12.6 Å². The van der Waals surface area contributed by atoms with Crippen LogP contribution in [0.3, 0.4) is 0 Å². The first-order valence-electron chi connectivity index (χ1n) is 10.0. The van der Waals surface area contributed by atoms with E-state index in [9.17, 15) is 16.8 Å². The van der Waals surface area contributed by atoms with Gasteiger partial charge >= 0.3 is 0 Å². The van der Waals surface area contributed by atoms with Crippen LogP contribution >= 0.6 is 0 Å². The third-order valence-corrected chi connectivity index (χ3v) is 8.24. The minimum atomic E-state index is -3.76. The summed E-state index contributed by atoms with van der Waals surface area (Å²) < 4.78 is 65.3. The monoisotopic (exact) mass is 468 g/mol. The molecule has 31 heavy (non-hydrogen) atoms. The predicted molar refractivity (Wildman–Crippen MR) is 122 cm³/mol. The van der Waals surface area contributed by atoms with E-state index in [1.807, 2.05) is 6.92 Å². The molecule has 1 N–H and O–H groups in total. The van der Waals surface area contributed by atoms with E-state index in [1.54, 1.807) is 36.4 Å². The van der Waals surface area contributed by atoms with Crippen molar-refractivity contribution in [2.24, 2.45) is 0 Å². The molecule has 2 aromatic rings. The van der Waals surface area contributed by atoms with Crippen molar-refractivity contribution >= 4 is 31.4 Å². The van der Waals surface area contributed by atoms with Crippen molar-refractivity contribution < 1.29 is 26.3 Å². The molecule has 1 aliphatic heterocycles. The van der Waals surface area contributed by atoms with Gasteiger partial charge in [0.1, 0.15) is 11.5 Å². The molecule has 3 rings (SSSR count). The largest absolute Gasteiger partial charge is 0.497 e. The van der Waals surface area contributed by atoms with E-state index in [2.05, 4.69) is 4.72 Å². The van der Waals surface area contributed by atoms with Crippen molar-refractivity contribution in [3.8, 4) is 11.5 Å². The number of methoxy groups -OCH3 is 2. The van der Waals surface area contributed by atoms with Crippen molar-refractivity contribution in [2.75, 3.05) is 35.5 Å². The molecule has 0 saturated heterocycles. The third-order valence-electron chi connectivity index (χ3n) is 5.00. The van der Waals surface area contributed by atoms with Gasteiger partial charge in [-0.2, -0.15) is 0 Å². The summed E-state index contributed by atoms with van der Waals surface area (Å²) in [4.78, 5) is 0. The zero-order valence-corrected chi connectivity index (χ0v) is 19.6. The summed E-state index contributed by atoms with van der Waals surface area (Å²) in [6.07, 6.45) is 2.01. The number of hydrogen-bond donors (Lipinski definition) is 1. The molecule has 0 amide bonds. The zero-order valence-electron chi connectivity index (χ0n) is 17.9. The van der Waals surface area contributed by atoms with E-state index < -0.39 is 20.0 Å². The van der Waals surface area contributed by atoms with E-state index in [1.165, 1.54) is 18.5 Å². The first kappa shape index (κ1) is 23.2. The maximum Gasteiger partial charge on any atom is 0.236 e. The molecule has 0 aliphatic carbocycles. The lowest BCUT2D eigenvalue weighted by molar-refractivity contribution is 0.393. The van der Waals surface area contributed by atoms with Crippen LogP contribution in [-0.4, -0.2) is 43.4 Å². The maximum atomic E-state index is 12.8. The van der Waals surface area contributed by atoms with Crippen LogP contribution in [0.5, 0.6) is 11.5 Å². The number of rotatable bonds is 9. The molecule has 0 atom stereocenters. The molecule has 170 valence electrons. The van der Waals surface area contributed by atoms with Gasteiger partial charge in [-0.3, -0.25) is 9.03 Å². The molecule has 0 radical (unpaired) electrons. The molecule has 0 spiro atoms. The Bertz CT molecular complexity index is 1120. The molecular formula is C21H28N2O6S2. The number of ether oxygens (including phenoxy) is 2. The summed E-state index contributed by atoms with van der Waals surface area (Å²) in [5, 5.41) is 0. The van der Waals surface area contributed by atoms with Crippen LogP contribution in [-0.2, 0) is 32.2 Å². The van der Waals surface area contributed by atoms with Crippen LogP contribution < -0.4 is 18.5 Å². The number of sulfonamides is 2. The Morgan fingerprint density at radius 2 is 1.68 bits per heavy atom. The van der Waals surface area contributed by atoms with Crippen molar-refractivity contribution in [3.05, 3.63) is 47.5 Å². The van der Waals surface area contributed by atoms with Gasteiger partial charge in [0.25, 0.3) is 0 Å². The first-order chi connectivity index (χ1) is 14.7. The molecule has 8 nitrogen and oxygen atoms in total. The van der Waals surface area contributed by atoms with Gasteiger partial charge in [0.05, 0.1) is 37.1 Å². The second kappa shape index (κ2) is 9.35. The summed E-state index contributed by atoms with van der Waals surface area (Å²) in [5.74, 6) is 0.764. The van der Waals surface area contributed by atoms with Crippen LogP contribution in [0.4, 0.5) is 11.4 Å². The van der Waals surface area contributed by atoms with Gasteiger partial charge in [-0.1, -0.05) is 13.0 Å². The van der Waals surface area contributed by atoms with Crippen LogP contribution in [0, 0.1) is 0 Å². The first-order valence-corrected chi connectivity index (χ1v) is 13.3. The average Bonchev–Trinajstić information content (AvgIpc) is 2.72. The van der Waals surface area contributed by atoms with Crippen molar-refractivity contribution in [2.45, 2.75) is 31.9 Å². The van der Waals surface area contributed by atoms with Gasteiger partial charge in [-0.25, -0.2) is 16.8 Å². The standard InChI is InChI=1S/C21H28N2O6S2/c1-4-10-31(26,27)23-9-5-6-17-7-8-18(13-21(17)23)22-30(24,25)15-16-11-19(28-2)14-20(12-16)29-3/h7-8,11-14,22H,4-6,9-10,15H2,1-3H3. The second-order valence-electron chi connectivity index (χ2n) is 7.42. The number of hydrogen-bond acceptors (Lipinski definition) is 6. The lowest BCUT2D eigenvalue weighted by atomic mass is 10.0. The van der Waals surface area contributed by atoms with E-state index in [4.69, 9.17) is 9.47 Å². The molecule has 0 fully saturated rings. The van der Waals surface area contributed by atoms with E-state index >= 15 is 0 Å². The van der Waals surface area contributed by atoms with Gasteiger partial charge in [-0.15, -0.1) is 0 Å². The minimum absolute atomic E-state index is 0.0556. The Labute approximate surface area is 184 Å². The molecule has 0 unspecified atom stereocenters. The van der Waals surface area contributed by atoms with Crippen LogP contribution in [0.2, 0.25) is 0 Å². The molecule has 2 aromatic carbocycles. The predicted octanol–water partition coefficient (Wildman–Crippen LogP) is 3.14. The normalized spacial score (nSPS) is 14.1. The summed E-state index contributed by atoms with van der Waals surface area (Å²) in [6.45, 7) is 2.22. The summed E-state index contributed by atoms with van der Waals surface area (Å²) >= 11 is 0.